The number of phosphoric acid groups is 1. The minimum Gasteiger partial charge on any atom is -0.463 e. The van der Waals surface area contributed by atoms with Crippen LogP contribution in [0.3, 0.4) is 0 Å². The van der Waals surface area contributed by atoms with E-state index in [1.807, 2.05) is 0 Å². The predicted octanol–water partition coefficient (Wildman–Crippen LogP) is 12.8. The normalized spacial score (nSPS) is 14.3. The summed E-state index contributed by atoms with van der Waals surface area (Å²) in [6.07, 6.45) is 58.8. The second kappa shape index (κ2) is 44.2. The lowest BCUT2D eigenvalue weighted by atomic mass is 10.1. The van der Waals surface area contributed by atoms with Crippen LogP contribution < -0.4 is 5.32 Å². The number of aliphatic hydroxyl groups excluding tert-OH is 1. The molecule has 0 aromatic heterocycles. The first-order chi connectivity index (χ1) is 28.8. The summed E-state index contributed by atoms with van der Waals surface area (Å²) < 4.78 is 26.9. The lowest BCUT2D eigenvalue weighted by Gasteiger charge is -2.15. The highest BCUT2D eigenvalue weighted by molar-refractivity contribution is 7.47. The first kappa shape index (κ1) is 55.7. The van der Waals surface area contributed by atoms with Gasteiger partial charge in [-0.05, 0) is 96.3 Å². The van der Waals surface area contributed by atoms with Crippen LogP contribution in [0.25, 0.3) is 0 Å². The fourth-order valence-electron chi connectivity index (χ4n) is 5.34. The number of carbonyl (C=O) groups is 2. The topological polar surface area (TPSA) is 131 Å². The fourth-order valence-corrected chi connectivity index (χ4v) is 6.10. The highest BCUT2D eigenvalue weighted by atomic mass is 31.2. The molecule has 0 fully saturated rings. The van der Waals surface area contributed by atoms with Gasteiger partial charge in [0.15, 0.2) is 0 Å². The first-order valence-corrected chi connectivity index (χ1v) is 23.9. The van der Waals surface area contributed by atoms with Gasteiger partial charge in [-0.3, -0.25) is 18.6 Å². The van der Waals surface area contributed by atoms with Crippen LogP contribution in [0, 0.1) is 0 Å². The minimum absolute atomic E-state index is 0.0416. The number of unbranched alkanes of at least 4 members (excludes halogenated alkanes) is 9. The molecule has 0 heterocycles. The van der Waals surface area contributed by atoms with Gasteiger partial charge in [-0.25, -0.2) is 4.57 Å². The van der Waals surface area contributed by atoms with Gasteiger partial charge in [-0.15, -0.1) is 0 Å². The Morgan fingerprint density at radius 2 is 0.983 bits per heavy atom. The summed E-state index contributed by atoms with van der Waals surface area (Å²) in [5.74, 6) is -0.604. The van der Waals surface area contributed by atoms with E-state index in [0.29, 0.717) is 19.3 Å². The summed E-state index contributed by atoms with van der Waals surface area (Å²) in [5.41, 5.74) is 0. The Labute approximate surface area is 358 Å². The second-order valence-electron chi connectivity index (χ2n) is 14.3. The van der Waals surface area contributed by atoms with Crippen molar-refractivity contribution in [3.63, 3.8) is 0 Å². The lowest BCUT2D eigenvalue weighted by Crippen LogP contribution is -2.27. The van der Waals surface area contributed by atoms with Gasteiger partial charge < -0.3 is 20.1 Å². The van der Waals surface area contributed by atoms with Gasteiger partial charge in [0.25, 0.3) is 0 Å². The number of hydrogen-bond donors (Lipinski definition) is 3. The zero-order valence-electron chi connectivity index (χ0n) is 36.6. The summed E-state index contributed by atoms with van der Waals surface area (Å²) in [7, 11) is -4.45. The van der Waals surface area contributed by atoms with Crippen molar-refractivity contribution in [2.45, 2.75) is 161 Å². The Bertz CT molecular complexity index is 1330. The van der Waals surface area contributed by atoms with Crippen molar-refractivity contribution < 1.29 is 37.9 Å². The maximum atomic E-state index is 12.1. The van der Waals surface area contributed by atoms with Crippen molar-refractivity contribution in [1.29, 1.82) is 0 Å². The number of ether oxygens (including phenoxy) is 1. The molecule has 0 saturated heterocycles. The quantitative estimate of drug-likeness (QED) is 0.0240. The Kier molecular flexibility index (Phi) is 41.7. The maximum absolute atomic E-state index is 12.1. The smallest absolute Gasteiger partial charge is 0.463 e. The molecule has 334 valence electrons. The molecule has 10 heteroatoms. The van der Waals surface area contributed by atoms with E-state index >= 15 is 0 Å². The molecular formula is C49H80NO8P. The molecular weight excluding hydrogens is 762 g/mol. The van der Waals surface area contributed by atoms with Crippen molar-refractivity contribution in [2.75, 3.05) is 26.4 Å². The van der Waals surface area contributed by atoms with Gasteiger partial charge in [0.05, 0.1) is 13.2 Å². The van der Waals surface area contributed by atoms with Crippen LogP contribution >= 0.6 is 7.82 Å². The molecule has 0 aliphatic heterocycles. The van der Waals surface area contributed by atoms with Crippen LogP contribution in [-0.4, -0.2) is 54.3 Å². The average Bonchev–Trinajstić information content (AvgIpc) is 3.22. The van der Waals surface area contributed by atoms with Crippen molar-refractivity contribution >= 4 is 19.7 Å². The third-order valence-corrected chi connectivity index (χ3v) is 9.67. The summed E-state index contributed by atoms with van der Waals surface area (Å²) in [4.78, 5) is 33.9. The van der Waals surface area contributed by atoms with Crippen molar-refractivity contribution in [3.05, 3.63) is 109 Å². The van der Waals surface area contributed by atoms with Crippen LogP contribution in [0.2, 0.25) is 0 Å². The van der Waals surface area contributed by atoms with E-state index in [9.17, 15) is 24.2 Å². The molecule has 0 bridgehead atoms. The molecule has 0 radical (unpaired) electrons. The predicted molar refractivity (Wildman–Crippen MR) is 247 cm³/mol. The Morgan fingerprint density at radius 3 is 1.49 bits per heavy atom. The van der Waals surface area contributed by atoms with Crippen LogP contribution in [0.4, 0.5) is 0 Å². The van der Waals surface area contributed by atoms with Gasteiger partial charge in [-0.1, -0.05) is 155 Å². The van der Waals surface area contributed by atoms with Gasteiger partial charge >= 0.3 is 13.8 Å². The molecule has 0 aliphatic rings. The Hall–Kier alpha value is -3.33. The van der Waals surface area contributed by atoms with Crippen LogP contribution in [0.5, 0.6) is 0 Å². The standard InChI is InChI=1S/C49H80NO8P/c1-3-5-7-9-11-13-15-17-19-21-22-23-24-26-28-30-32-34-36-38-40-42-49(53)56-45-47(51)46-58-59(54,55)57-44-43-50-48(52)41-39-37-35-33-31-29-27-25-20-18-16-14-12-10-8-6-4-2/h6,8,11-14,17-20,22-23,26-29,33,35,47,51H,3-5,7,9-10,15-16,21,24-25,30-32,34,36-46H2,1-2H3,(H,50,52)(H,54,55)/b8-6-,13-11-,14-12-,19-17-,20-18-,23-22-,28-26-,29-27-,35-33-. The van der Waals surface area contributed by atoms with E-state index in [-0.39, 0.29) is 32.1 Å². The highest BCUT2D eigenvalue weighted by Gasteiger charge is 2.23. The van der Waals surface area contributed by atoms with E-state index in [2.05, 4.69) is 129 Å². The molecule has 3 N–H and O–H groups in total. The summed E-state index contributed by atoms with van der Waals surface area (Å²) in [6, 6.07) is 0. The molecule has 0 spiro atoms. The summed E-state index contributed by atoms with van der Waals surface area (Å²) in [6.45, 7) is 3.29. The number of carbonyl (C=O) groups excluding carboxylic acids is 2. The lowest BCUT2D eigenvalue weighted by molar-refractivity contribution is -0.147. The van der Waals surface area contributed by atoms with E-state index in [0.717, 1.165) is 89.9 Å². The third kappa shape index (κ3) is 45.6. The Balaban J connectivity index is 3.74. The zero-order valence-corrected chi connectivity index (χ0v) is 37.5. The van der Waals surface area contributed by atoms with Crippen molar-refractivity contribution in [2.24, 2.45) is 0 Å². The molecule has 1 amide bonds. The molecule has 0 saturated carbocycles. The number of amides is 1. The van der Waals surface area contributed by atoms with E-state index in [1.165, 1.54) is 25.7 Å². The van der Waals surface area contributed by atoms with Gasteiger partial charge in [0.1, 0.15) is 12.7 Å². The van der Waals surface area contributed by atoms with Gasteiger partial charge in [0, 0.05) is 19.4 Å². The van der Waals surface area contributed by atoms with E-state index < -0.39 is 26.5 Å². The number of rotatable bonds is 40. The molecule has 2 atom stereocenters. The summed E-state index contributed by atoms with van der Waals surface area (Å²) in [5, 5.41) is 12.7. The largest absolute Gasteiger partial charge is 0.472 e. The van der Waals surface area contributed by atoms with E-state index in [4.69, 9.17) is 13.8 Å². The molecule has 0 rings (SSSR count). The summed E-state index contributed by atoms with van der Waals surface area (Å²) >= 11 is 0. The van der Waals surface area contributed by atoms with Crippen LogP contribution in [0.15, 0.2) is 109 Å². The zero-order chi connectivity index (χ0) is 43.2. The number of hydrogen-bond acceptors (Lipinski definition) is 7. The number of nitrogens with one attached hydrogen (secondary N) is 1. The Morgan fingerprint density at radius 1 is 0.542 bits per heavy atom. The van der Waals surface area contributed by atoms with Crippen molar-refractivity contribution in [3.8, 4) is 0 Å². The fraction of sp³-hybridized carbons (Fsp3) is 0.592. The SMILES string of the molecule is CC/C=C\C/C=C\C/C=C\C/C=C\C/C=C\CCCC(=O)NCCOP(=O)(O)OCC(O)COC(=O)CCCCCCC/C=C\C/C=C\C/C=C\C/C=C\CCCCC. The highest BCUT2D eigenvalue weighted by Crippen LogP contribution is 2.42. The monoisotopic (exact) mass is 842 g/mol. The first-order valence-electron chi connectivity index (χ1n) is 22.4. The van der Waals surface area contributed by atoms with Gasteiger partial charge in [-0.2, -0.15) is 0 Å². The molecule has 59 heavy (non-hydrogen) atoms. The molecule has 2 unspecified atom stereocenters. The third-order valence-electron chi connectivity index (χ3n) is 8.69. The van der Waals surface area contributed by atoms with Crippen LogP contribution in [-0.2, 0) is 27.9 Å². The number of aliphatic hydroxyl groups is 1. The average molecular weight is 842 g/mol. The number of allylic oxidation sites excluding steroid dienone is 18. The molecule has 0 aliphatic carbocycles. The minimum atomic E-state index is -4.45. The number of esters is 1. The molecule has 9 nitrogen and oxygen atoms in total. The maximum Gasteiger partial charge on any atom is 0.472 e. The molecule has 0 aromatic rings. The number of phosphoric ester groups is 1. The van der Waals surface area contributed by atoms with E-state index in [1.54, 1.807) is 0 Å². The van der Waals surface area contributed by atoms with Crippen LogP contribution in [0.1, 0.15) is 155 Å². The molecule has 0 aromatic carbocycles. The van der Waals surface area contributed by atoms with Gasteiger partial charge in [0.2, 0.25) is 5.91 Å². The van der Waals surface area contributed by atoms with Crippen molar-refractivity contribution in [1.82, 2.24) is 5.32 Å². The second-order valence-corrected chi connectivity index (χ2v) is 15.7.